The lowest BCUT2D eigenvalue weighted by Gasteiger charge is -2.21. The number of amides is 2. The predicted molar refractivity (Wildman–Crippen MR) is 133 cm³/mol. The van der Waals surface area contributed by atoms with E-state index in [1.165, 1.54) is 11.3 Å². The van der Waals surface area contributed by atoms with Gasteiger partial charge in [0.2, 0.25) is 5.91 Å². The first-order chi connectivity index (χ1) is 16.4. The second-order valence-electron chi connectivity index (χ2n) is 7.75. The molecule has 3 aromatic rings. The molecule has 2 N–H and O–H groups in total. The van der Waals surface area contributed by atoms with Crippen LogP contribution in [0.1, 0.15) is 31.1 Å². The molecule has 2 amide bonds. The monoisotopic (exact) mass is 483 g/mol. The molecule has 1 heterocycles. The van der Waals surface area contributed by atoms with E-state index in [9.17, 15) is 9.59 Å². The second-order valence-corrected chi connectivity index (χ2v) is 8.61. The highest BCUT2D eigenvalue weighted by Gasteiger charge is 2.25. The Morgan fingerprint density at radius 2 is 1.74 bits per heavy atom. The molecule has 0 aliphatic heterocycles. The van der Waals surface area contributed by atoms with Gasteiger partial charge in [0.15, 0.2) is 16.6 Å². The molecule has 0 aliphatic carbocycles. The second kappa shape index (κ2) is 11.5. The fourth-order valence-electron chi connectivity index (χ4n) is 3.27. The average Bonchev–Trinajstić information content (AvgIpc) is 3.30. The Hall–Kier alpha value is -3.59. The van der Waals surface area contributed by atoms with Gasteiger partial charge < -0.3 is 24.8 Å². The highest BCUT2D eigenvalue weighted by atomic mass is 32.1. The first-order valence-corrected chi connectivity index (χ1v) is 11.8. The first-order valence-electron chi connectivity index (χ1n) is 10.9. The van der Waals surface area contributed by atoms with E-state index in [-0.39, 0.29) is 17.7 Å². The van der Waals surface area contributed by atoms with Gasteiger partial charge in [-0.25, -0.2) is 4.98 Å². The van der Waals surface area contributed by atoms with E-state index in [1.54, 1.807) is 44.6 Å². The van der Waals surface area contributed by atoms with Gasteiger partial charge >= 0.3 is 0 Å². The topological polar surface area (TPSA) is 98.8 Å². The molecule has 1 atom stereocenters. The average molecular weight is 484 g/mol. The number of anilines is 1. The number of nitrogens with one attached hydrogen (secondary N) is 2. The maximum atomic E-state index is 13.0. The number of hydrogen-bond acceptors (Lipinski definition) is 7. The van der Waals surface area contributed by atoms with Crippen molar-refractivity contribution in [3.05, 3.63) is 53.4 Å². The first kappa shape index (κ1) is 25.0. The van der Waals surface area contributed by atoms with E-state index >= 15 is 0 Å². The van der Waals surface area contributed by atoms with Gasteiger partial charge in [0.1, 0.15) is 11.8 Å². The third-order valence-corrected chi connectivity index (χ3v) is 5.83. The summed E-state index contributed by atoms with van der Waals surface area (Å²) < 4.78 is 16.0. The summed E-state index contributed by atoms with van der Waals surface area (Å²) in [4.78, 5) is 30.2. The zero-order valence-corrected chi connectivity index (χ0v) is 20.7. The van der Waals surface area contributed by atoms with Gasteiger partial charge in [-0.3, -0.25) is 9.59 Å². The Kier molecular flexibility index (Phi) is 8.48. The van der Waals surface area contributed by atoms with Crippen LogP contribution in [-0.4, -0.2) is 43.7 Å². The molecule has 0 aliphatic rings. The lowest BCUT2D eigenvalue weighted by atomic mass is 10.0. The number of hydrogen-bond donors (Lipinski definition) is 2. The molecule has 34 heavy (non-hydrogen) atoms. The lowest BCUT2D eigenvalue weighted by Crippen LogP contribution is -2.47. The van der Waals surface area contributed by atoms with E-state index in [4.69, 9.17) is 14.2 Å². The maximum absolute atomic E-state index is 13.0. The molecular formula is C25H29N3O5S. The molecule has 1 aromatic heterocycles. The van der Waals surface area contributed by atoms with Crippen molar-refractivity contribution < 1.29 is 23.8 Å². The number of ether oxygens (including phenoxy) is 3. The van der Waals surface area contributed by atoms with Gasteiger partial charge in [0, 0.05) is 16.5 Å². The minimum Gasteiger partial charge on any atom is -0.494 e. The number of rotatable bonds is 10. The van der Waals surface area contributed by atoms with Crippen LogP contribution in [0.25, 0.3) is 11.3 Å². The quantitative estimate of drug-likeness (QED) is 0.437. The Morgan fingerprint density at radius 1 is 1.03 bits per heavy atom. The number of nitrogens with zero attached hydrogens (tertiary/aromatic N) is 1. The summed E-state index contributed by atoms with van der Waals surface area (Å²) in [5.41, 5.74) is 1.98. The number of aromatic nitrogens is 1. The molecule has 2 aromatic carbocycles. The molecule has 0 radical (unpaired) electrons. The molecular weight excluding hydrogens is 454 g/mol. The highest BCUT2D eigenvalue weighted by Crippen LogP contribution is 2.33. The van der Waals surface area contributed by atoms with E-state index in [2.05, 4.69) is 15.6 Å². The maximum Gasteiger partial charge on any atom is 0.251 e. The van der Waals surface area contributed by atoms with Crippen molar-refractivity contribution in [1.82, 2.24) is 10.3 Å². The molecule has 0 spiro atoms. The van der Waals surface area contributed by atoms with Gasteiger partial charge in [0.25, 0.3) is 5.91 Å². The normalized spacial score (nSPS) is 11.6. The zero-order valence-electron chi connectivity index (χ0n) is 19.9. The van der Waals surface area contributed by atoms with Crippen molar-refractivity contribution in [2.45, 2.75) is 26.8 Å². The smallest absolute Gasteiger partial charge is 0.251 e. The van der Waals surface area contributed by atoms with Crippen molar-refractivity contribution in [3.8, 4) is 28.5 Å². The van der Waals surface area contributed by atoms with Gasteiger partial charge in [-0.2, -0.15) is 0 Å². The van der Waals surface area contributed by atoms with Gasteiger partial charge in [0.05, 0.1) is 26.5 Å². The van der Waals surface area contributed by atoms with Crippen LogP contribution in [0.4, 0.5) is 5.13 Å². The Labute approximate surface area is 203 Å². The van der Waals surface area contributed by atoms with Crippen LogP contribution in [0.5, 0.6) is 17.2 Å². The summed E-state index contributed by atoms with van der Waals surface area (Å²) in [5, 5.41) is 7.94. The van der Waals surface area contributed by atoms with Crippen LogP contribution in [0.15, 0.2) is 47.8 Å². The predicted octanol–water partition coefficient (Wildman–Crippen LogP) is 4.62. The Bertz CT molecular complexity index is 1130. The minimum atomic E-state index is -0.729. The van der Waals surface area contributed by atoms with E-state index in [1.807, 2.05) is 38.3 Å². The summed E-state index contributed by atoms with van der Waals surface area (Å²) in [6, 6.07) is 11.6. The third kappa shape index (κ3) is 6.05. The Morgan fingerprint density at radius 3 is 2.35 bits per heavy atom. The van der Waals surface area contributed by atoms with Crippen molar-refractivity contribution in [2.24, 2.45) is 5.92 Å². The van der Waals surface area contributed by atoms with Crippen LogP contribution < -0.4 is 24.8 Å². The summed E-state index contributed by atoms with van der Waals surface area (Å²) in [5.74, 6) is 1.11. The lowest BCUT2D eigenvalue weighted by molar-refractivity contribution is -0.118. The highest BCUT2D eigenvalue weighted by molar-refractivity contribution is 7.14. The van der Waals surface area contributed by atoms with Gasteiger partial charge in [-0.05, 0) is 55.3 Å². The van der Waals surface area contributed by atoms with E-state index in [0.29, 0.717) is 40.2 Å². The number of carbonyl (C=O) groups is 2. The molecule has 0 unspecified atom stereocenters. The molecule has 180 valence electrons. The van der Waals surface area contributed by atoms with Gasteiger partial charge in [-0.15, -0.1) is 11.3 Å². The standard InChI is InChI=1S/C25H29N3O5S/c1-6-33-18-10-7-16(8-11-18)23(29)27-22(15(2)3)24(30)28-25-26-19(14-34-25)17-9-12-20(31-4)21(13-17)32-5/h7-15,22H,6H2,1-5H3,(H,27,29)(H,26,28,30)/t22-/m1/s1. The molecule has 0 fully saturated rings. The number of thiazole rings is 1. The Balaban J connectivity index is 1.69. The van der Waals surface area contributed by atoms with Gasteiger partial charge in [-0.1, -0.05) is 13.8 Å². The zero-order chi connectivity index (χ0) is 24.7. The number of benzene rings is 2. The number of carbonyl (C=O) groups excluding carboxylic acids is 2. The summed E-state index contributed by atoms with van der Waals surface area (Å²) >= 11 is 1.30. The summed E-state index contributed by atoms with van der Waals surface area (Å²) in [6.45, 7) is 6.19. The molecule has 3 rings (SSSR count). The van der Waals surface area contributed by atoms with E-state index < -0.39 is 6.04 Å². The minimum absolute atomic E-state index is 0.128. The van der Waals surface area contributed by atoms with Crippen LogP contribution >= 0.6 is 11.3 Å². The summed E-state index contributed by atoms with van der Waals surface area (Å²) in [6.07, 6.45) is 0. The molecule has 0 saturated heterocycles. The van der Waals surface area contributed by atoms with Crippen LogP contribution in [-0.2, 0) is 4.79 Å². The molecule has 0 bridgehead atoms. The van der Waals surface area contributed by atoms with E-state index in [0.717, 1.165) is 5.56 Å². The fraction of sp³-hybridized carbons (Fsp3) is 0.320. The van der Waals surface area contributed by atoms with Crippen LogP contribution in [0, 0.1) is 5.92 Å². The largest absolute Gasteiger partial charge is 0.494 e. The van der Waals surface area contributed by atoms with Crippen molar-refractivity contribution in [3.63, 3.8) is 0 Å². The fourth-order valence-corrected chi connectivity index (χ4v) is 3.99. The van der Waals surface area contributed by atoms with Crippen LogP contribution in [0.3, 0.4) is 0 Å². The molecule has 0 saturated carbocycles. The van der Waals surface area contributed by atoms with Crippen molar-refractivity contribution >= 4 is 28.3 Å². The SMILES string of the molecule is CCOc1ccc(C(=O)N[C@@H](C(=O)Nc2nc(-c3ccc(OC)c(OC)c3)cs2)C(C)C)cc1. The molecule has 8 nitrogen and oxygen atoms in total. The van der Waals surface area contributed by atoms with Crippen LogP contribution in [0.2, 0.25) is 0 Å². The third-order valence-electron chi connectivity index (χ3n) is 5.08. The summed E-state index contributed by atoms with van der Waals surface area (Å²) in [7, 11) is 3.15. The number of methoxy groups -OCH3 is 2. The van der Waals surface area contributed by atoms with Crippen molar-refractivity contribution in [1.29, 1.82) is 0 Å². The molecule has 9 heteroatoms. The van der Waals surface area contributed by atoms with Crippen molar-refractivity contribution in [2.75, 3.05) is 26.1 Å².